The maximum Gasteiger partial charge on any atom is 0.226 e. The van der Waals surface area contributed by atoms with E-state index in [0.29, 0.717) is 17.2 Å². The third-order valence-electron chi connectivity index (χ3n) is 3.87. The number of carbonyl (C=O) groups excluding carboxylic acids is 1. The van der Waals surface area contributed by atoms with Crippen LogP contribution in [-0.2, 0) is 11.2 Å². The smallest absolute Gasteiger partial charge is 0.226 e. The molecule has 5 heteroatoms. The molecule has 0 aliphatic heterocycles. The number of anilines is 1. The molecule has 0 saturated carbocycles. The molecule has 4 nitrogen and oxygen atoms in total. The van der Waals surface area contributed by atoms with E-state index in [1.165, 1.54) is 0 Å². The third-order valence-corrected chi connectivity index (χ3v) is 4.16. The predicted octanol–water partition coefficient (Wildman–Crippen LogP) is 4.15. The van der Waals surface area contributed by atoms with Gasteiger partial charge >= 0.3 is 0 Å². The van der Waals surface area contributed by atoms with Crippen molar-refractivity contribution < 1.29 is 9.53 Å². The fourth-order valence-corrected chi connectivity index (χ4v) is 2.60. The van der Waals surface area contributed by atoms with E-state index >= 15 is 0 Å². The molecule has 1 amide bonds. The van der Waals surface area contributed by atoms with Crippen LogP contribution in [0.2, 0.25) is 5.02 Å². The molecular weight excluding hydrogens is 324 g/mol. The Kier molecular flexibility index (Phi) is 6.10. The highest BCUT2D eigenvalue weighted by molar-refractivity contribution is 6.32. The van der Waals surface area contributed by atoms with Crippen LogP contribution in [-0.4, -0.2) is 32.0 Å². The van der Waals surface area contributed by atoms with Gasteiger partial charge < -0.3 is 15.0 Å². The second-order valence-corrected chi connectivity index (χ2v) is 6.33. The Hall–Kier alpha value is -2.20. The Morgan fingerprint density at radius 3 is 2.42 bits per heavy atom. The number of hydrogen-bond donors (Lipinski definition) is 1. The zero-order valence-electron chi connectivity index (χ0n) is 14.5. The van der Waals surface area contributed by atoms with Crippen molar-refractivity contribution in [3.63, 3.8) is 0 Å². The van der Waals surface area contributed by atoms with E-state index in [9.17, 15) is 4.79 Å². The number of likely N-dealkylation sites (N-methyl/N-ethyl adjacent to an activating group) is 1. The SMILES string of the molecule is COc1ccc(C(C)Nc2ccc(CC(=O)N(C)C)cc2)cc1Cl. The second-order valence-electron chi connectivity index (χ2n) is 5.92. The topological polar surface area (TPSA) is 41.6 Å². The molecule has 2 aromatic carbocycles. The van der Waals surface area contributed by atoms with Gasteiger partial charge in [0.15, 0.2) is 0 Å². The van der Waals surface area contributed by atoms with Crippen LogP contribution in [0.25, 0.3) is 0 Å². The number of amides is 1. The van der Waals surface area contributed by atoms with Gasteiger partial charge in [0, 0.05) is 25.8 Å². The molecule has 0 saturated heterocycles. The van der Waals surface area contributed by atoms with Gasteiger partial charge in [-0.3, -0.25) is 4.79 Å². The van der Waals surface area contributed by atoms with Gasteiger partial charge in [0.25, 0.3) is 0 Å². The van der Waals surface area contributed by atoms with Crippen LogP contribution in [0.1, 0.15) is 24.1 Å². The van der Waals surface area contributed by atoms with Crippen molar-refractivity contribution in [2.24, 2.45) is 0 Å². The van der Waals surface area contributed by atoms with Crippen molar-refractivity contribution in [1.29, 1.82) is 0 Å². The highest BCUT2D eigenvalue weighted by Gasteiger charge is 2.09. The lowest BCUT2D eigenvalue weighted by molar-refractivity contribution is -0.127. The van der Waals surface area contributed by atoms with Crippen molar-refractivity contribution in [1.82, 2.24) is 4.90 Å². The van der Waals surface area contributed by atoms with Gasteiger partial charge in [0.1, 0.15) is 5.75 Å². The van der Waals surface area contributed by atoms with Gasteiger partial charge in [0.05, 0.1) is 18.6 Å². The van der Waals surface area contributed by atoms with E-state index in [1.54, 1.807) is 26.1 Å². The summed E-state index contributed by atoms with van der Waals surface area (Å²) >= 11 is 6.18. The number of benzene rings is 2. The van der Waals surface area contributed by atoms with Crippen LogP contribution in [0.5, 0.6) is 5.75 Å². The third kappa shape index (κ3) is 4.65. The van der Waals surface area contributed by atoms with Gasteiger partial charge in [0.2, 0.25) is 5.91 Å². The predicted molar refractivity (Wildman–Crippen MR) is 98.9 cm³/mol. The first-order valence-corrected chi connectivity index (χ1v) is 8.17. The summed E-state index contributed by atoms with van der Waals surface area (Å²) in [4.78, 5) is 13.3. The fourth-order valence-electron chi connectivity index (χ4n) is 2.34. The molecule has 0 fully saturated rings. The molecule has 1 unspecified atom stereocenters. The van der Waals surface area contributed by atoms with Crippen LogP contribution in [0.3, 0.4) is 0 Å². The van der Waals surface area contributed by atoms with Gasteiger partial charge in [-0.15, -0.1) is 0 Å². The average molecular weight is 347 g/mol. The standard InChI is InChI=1S/C19H23ClN2O2/c1-13(15-7-10-18(24-4)17(20)12-15)21-16-8-5-14(6-9-16)11-19(23)22(2)3/h5-10,12-13,21H,11H2,1-4H3. The van der Waals surface area contributed by atoms with Gasteiger partial charge in [-0.2, -0.15) is 0 Å². The Balaban J connectivity index is 2.02. The summed E-state index contributed by atoms with van der Waals surface area (Å²) in [6.07, 6.45) is 0.414. The molecule has 1 N–H and O–H groups in total. The molecule has 128 valence electrons. The highest BCUT2D eigenvalue weighted by Crippen LogP contribution is 2.29. The lowest BCUT2D eigenvalue weighted by Gasteiger charge is -2.17. The van der Waals surface area contributed by atoms with Crippen LogP contribution in [0.4, 0.5) is 5.69 Å². The van der Waals surface area contributed by atoms with E-state index < -0.39 is 0 Å². The lowest BCUT2D eigenvalue weighted by atomic mass is 10.1. The molecule has 24 heavy (non-hydrogen) atoms. The zero-order valence-corrected chi connectivity index (χ0v) is 15.2. The highest BCUT2D eigenvalue weighted by atomic mass is 35.5. The summed E-state index contributed by atoms with van der Waals surface area (Å²) < 4.78 is 5.18. The monoisotopic (exact) mass is 346 g/mol. The fraction of sp³-hybridized carbons (Fsp3) is 0.316. The molecule has 0 radical (unpaired) electrons. The largest absolute Gasteiger partial charge is 0.495 e. The normalized spacial score (nSPS) is 11.7. The molecular formula is C19H23ClN2O2. The molecule has 0 heterocycles. The van der Waals surface area contributed by atoms with Crippen molar-refractivity contribution in [3.05, 3.63) is 58.6 Å². The minimum Gasteiger partial charge on any atom is -0.495 e. The average Bonchev–Trinajstić information content (AvgIpc) is 2.56. The number of rotatable bonds is 6. The van der Waals surface area contributed by atoms with Crippen molar-refractivity contribution in [2.75, 3.05) is 26.5 Å². The number of ether oxygens (including phenoxy) is 1. The summed E-state index contributed by atoms with van der Waals surface area (Å²) in [5.74, 6) is 0.763. The first kappa shape index (κ1) is 18.1. The summed E-state index contributed by atoms with van der Waals surface area (Å²) in [6.45, 7) is 2.07. The molecule has 1 atom stereocenters. The molecule has 0 aromatic heterocycles. The molecule has 0 spiro atoms. The van der Waals surface area contributed by atoms with E-state index in [4.69, 9.17) is 16.3 Å². The Morgan fingerprint density at radius 2 is 1.88 bits per heavy atom. The summed E-state index contributed by atoms with van der Waals surface area (Å²) in [6, 6.07) is 13.8. The van der Waals surface area contributed by atoms with Gasteiger partial charge in [-0.05, 0) is 42.3 Å². The van der Waals surface area contributed by atoms with E-state index in [2.05, 4.69) is 12.2 Å². The van der Waals surface area contributed by atoms with Crippen LogP contribution in [0, 0.1) is 0 Å². The quantitative estimate of drug-likeness (QED) is 0.854. The summed E-state index contributed by atoms with van der Waals surface area (Å²) in [7, 11) is 5.13. The minimum absolute atomic E-state index is 0.0944. The van der Waals surface area contributed by atoms with E-state index in [-0.39, 0.29) is 11.9 Å². The van der Waals surface area contributed by atoms with Crippen LogP contribution >= 0.6 is 11.6 Å². The van der Waals surface area contributed by atoms with E-state index in [0.717, 1.165) is 16.8 Å². The van der Waals surface area contributed by atoms with Crippen molar-refractivity contribution >= 4 is 23.2 Å². The molecule has 2 rings (SSSR count). The number of nitrogens with zero attached hydrogens (tertiary/aromatic N) is 1. The lowest BCUT2D eigenvalue weighted by Crippen LogP contribution is -2.23. The number of hydrogen-bond acceptors (Lipinski definition) is 3. The van der Waals surface area contributed by atoms with Crippen LogP contribution in [0.15, 0.2) is 42.5 Å². The second kappa shape index (κ2) is 8.06. The number of nitrogens with one attached hydrogen (secondary N) is 1. The summed E-state index contributed by atoms with van der Waals surface area (Å²) in [5, 5.41) is 4.03. The minimum atomic E-state index is 0.0944. The molecule has 0 bridgehead atoms. The maximum absolute atomic E-state index is 11.7. The first-order chi connectivity index (χ1) is 11.4. The van der Waals surface area contributed by atoms with Gasteiger partial charge in [-0.1, -0.05) is 29.8 Å². The Labute approximate surface area is 148 Å². The van der Waals surface area contributed by atoms with Crippen molar-refractivity contribution in [2.45, 2.75) is 19.4 Å². The number of halogens is 1. The maximum atomic E-state index is 11.7. The molecule has 2 aromatic rings. The molecule has 0 aliphatic rings. The van der Waals surface area contributed by atoms with E-state index in [1.807, 2.05) is 42.5 Å². The molecule has 0 aliphatic carbocycles. The van der Waals surface area contributed by atoms with Gasteiger partial charge in [-0.25, -0.2) is 0 Å². The Morgan fingerprint density at radius 1 is 1.21 bits per heavy atom. The number of methoxy groups -OCH3 is 1. The first-order valence-electron chi connectivity index (χ1n) is 7.79. The Bertz CT molecular complexity index is 699. The van der Waals surface area contributed by atoms with Crippen molar-refractivity contribution in [3.8, 4) is 5.75 Å². The zero-order chi connectivity index (χ0) is 17.7. The summed E-state index contributed by atoms with van der Waals surface area (Å²) in [5.41, 5.74) is 3.07. The van der Waals surface area contributed by atoms with Crippen LogP contribution < -0.4 is 10.1 Å². The number of carbonyl (C=O) groups is 1.